The van der Waals surface area contributed by atoms with E-state index in [2.05, 4.69) is 21.6 Å². The molecular formula is C24H23N5O2. The number of nitriles is 1. The number of carbonyl (C=O) groups excluding carboxylic acids is 1. The molecule has 0 bridgehead atoms. The molecule has 1 aliphatic heterocycles. The zero-order valence-corrected chi connectivity index (χ0v) is 17.2. The number of nitrogens with one attached hydrogen (secondary N) is 1. The van der Waals surface area contributed by atoms with E-state index in [0.717, 1.165) is 52.3 Å². The molecule has 156 valence electrons. The molecule has 2 heterocycles. The van der Waals surface area contributed by atoms with Crippen LogP contribution in [0.15, 0.2) is 42.5 Å². The Morgan fingerprint density at radius 2 is 1.94 bits per heavy atom. The standard InChI is InChI=1S/C24H23N5O2/c25-14-22-24(26-10-9-16-1-2-16)20-8-5-18(13-21(20)27-28-22)17-3-6-19(7-4-17)29-11-12-31-15-23(29)30/h3-8,13,16H,1-2,9-12,15H2,(H,26,27). The summed E-state index contributed by atoms with van der Waals surface area (Å²) in [4.78, 5) is 13.8. The van der Waals surface area contributed by atoms with Crippen molar-refractivity contribution in [1.82, 2.24) is 10.2 Å². The third kappa shape index (κ3) is 4.07. The van der Waals surface area contributed by atoms with Gasteiger partial charge in [0.1, 0.15) is 12.7 Å². The predicted octanol–water partition coefficient (Wildman–Crippen LogP) is 3.74. The lowest BCUT2D eigenvalue weighted by molar-refractivity contribution is -0.125. The summed E-state index contributed by atoms with van der Waals surface area (Å²) in [5.41, 5.74) is 4.75. The van der Waals surface area contributed by atoms with E-state index in [1.165, 1.54) is 12.8 Å². The predicted molar refractivity (Wildman–Crippen MR) is 119 cm³/mol. The molecule has 0 spiro atoms. The summed E-state index contributed by atoms with van der Waals surface area (Å²) in [6.45, 7) is 2.09. The van der Waals surface area contributed by atoms with Gasteiger partial charge in [-0.05, 0) is 47.7 Å². The Balaban J connectivity index is 1.41. The minimum Gasteiger partial charge on any atom is -0.382 e. The van der Waals surface area contributed by atoms with Gasteiger partial charge in [0.15, 0.2) is 5.69 Å². The number of anilines is 2. The fourth-order valence-electron chi connectivity index (χ4n) is 3.98. The molecule has 1 aliphatic carbocycles. The number of aromatic nitrogens is 2. The molecule has 2 fully saturated rings. The zero-order chi connectivity index (χ0) is 21.2. The largest absolute Gasteiger partial charge is 0.382 e. The van der Waals surface area contributed by atoms with Gasteiger partial charge < -0.3 is 15.0 Å². The van der Waals surface area contributed by atoms with Crippen molar-refractivity contribution < 1.29 is 9.53 Å². The Kier molecular flexibility index (Phi) is 5.23. The van der Waals surface area contributed by atoms with E-state index in [9.17, 15) is 10.1 Å². The molecule has 1 aromatic heterocycles. The number of carbonyl (C=O) groups is 1. The van der Waals surface area contributed by atoms with Crippen LogP contribution in [-0.2, 0) is 9.53 Å². The van der Waals surface area contributed by atoms with Crippen LogP contribution in [0.3, 0.4) is 0 Å². The number of fused-ring (bicyclic) bond motifs is 1. The molecule has 0 atom stereocenters. The van der Waals surface area contributed by atoms with Crippen molar-refractivity contribution in [2.24, 2.45) is 5.92 Å². The van der Waals surface area contributed by atoms with Crippen molar-refractivity contribution in [3.05, 3.63) is 48.2 Å². The van der Waals surface area contributed by atoms with Gasteiger partial charge in [0, 0.05) is 24.2 Å². The maximum absolute atomic E-state index is 12.1. The smallest absolute Gasteiger partial charge is 0.253 e. The Hall–Kier alpha value is -3.50. The van der Waals surface area contributed by atoms with Crippen molar-refractivity contribution in [3.63, 3.8) is 0 Å². The van der Waals surface area contributed by atoms with Crippen LogP contribution >= 0.6 is 0 Å². The molecule has 1 saturated carbocycles. The Labute approximate surface area is 180 Å². The maximum Gasteiger partial charge on any atom is 0.253 e. The number of morpholine rings is 1. The molecule has 2 aromatic carbocycles. The Bertz CT molecular complexity index is 1170. The second-order valence-corrected chi connectivity index (χ2v) is 8.07. The van der Waals surface area contributed by atoms with Crippen LogP contribution in [0, 0.1) is 17.2 Å². The van der Waals surface area contributed by atoms with Crippen LogP contribution in [0.1, 0.15) is 25.0 Å². The van der Waals surface area contributed by atoms with Crippen molar-refractivity contribution in [2.75, 3.05) is 36.5 Å². The van der Waals surface area contributed by atoms with Gasteiger partial charge in [-0.3, -0.25) is 4.79 Å². The molecule has 0 unspecified atom stereocenters. The van der Waals surface area contributed by atoms with E-state index in [1.807, 2.05) is 42.5 Å². The molecule has 3 aromatic rings. The summed E-state index contributed by atoms with van der Waals surface area (Å²) in [7, 11) is 0. The lowest BCUT2D eigenvalue weighted by atomic mass is 10.0. The van der Waals surface area contributed by atoms with Crippen molar-refractivity contribution >= 4 is 28.2 Å². The summed E-state index contributed by atoms with van der Waals surface area (Å²) in [6.07, 6.45) is 3.73. The summed E-state index contributed by atoms with van der Waals surface area (Å²) >= 11 is 0. The molecule has 1 N–H and O–H groups in total. The zero-order valence-electron chi connectivity index (χ0n) is 17.2. The first kappa shape index (κ1) is 19.5. The summed E-state index contributed by atoms with van der Waals surface area (Å²) in [5.74, 6) is 0.802. The van der Waals surface area contributed by atoms with Crippen LogP contribution in [-0.4, -0.2) is 42.4 Å². The van der Waals surface area contributed by atoms with E-state index in [1.54, 1.807) is 4.90 Å². The lowest BCUT2D eigenvalue weighted by Gasteiger charge is -2.26. The molecule has 1 amide bonds. The average Bonchev–Trinajstić information content (AvgIpc) is 3.64. The van der Waals surface area contributed by atoms with E-state index < -0.39 is 0 Å². The summed E-state index contributed by atoms with van der Waals surface area (Å²) < 4.78 is 5.20. The van der Waals surface area contributed by atoms with Crippen LogP contribution in [0.25, 0.3) is 22.0 Å². The third-order valence-corrected chi connectivity index (χ3v) is 5.92. The van der Waals surface area contributed by atoms with Gasteiger partial charge in [-0.1, -0.05) is 31.0 Å². The van der Waals surface area contributed by atoms with Gasteiger partial charge in [0.2, 0.25) is 0 Å². The Morgan fingerprint density at radius 1 is 1.13 bits per heavy atom. The number of amides is 1. The van der Waals surface area contributed by atoms with Gasteiger partial charge in [0.05, 0.1) is 17.8 Å². The van der Waals surface area contributed by atoms with E-state index >= 15 is 0 Å². The monoisotopic (exact) mass is 413 g/mol. The first-order valence-electron chi connectivity index (χ1n) is 10.7. The maximum atomic E-state index is 12.1. The molecule has 7 nitrogen and oxygen atoms in total. The number of nitrogens with zero attached hydrogens (tertiary/aromatic N) is 4. The first-order valence-corrected chi connectivity index (χ1v) is 10.7. The molecule has 31 heavy (non-hydrogen) atoms. The SMILES string of the molecule is N#Cc1nnc2cc(-c3ccc(N4CCOCC4=O)cc3)ccc2c1NCCC1CC1. The van der Waals surface area contributed by atoms with Gasteiger partial charge >= 0.3 is 0 Å². The molecule has 0 radical (unpaired) electrons. The molecule has 7 heteroatoms. The van der Waals surface area contributed by atoms with Crippen LogP contribution in [0.2, 0.25) is 0 Å². The average molecular weight is 413 g/mol. The quantitative estimate of drug-likeness (QED) is 0.662. The van der Waals surface area contributed by atoms with E-state index in [0.29, 0.717) is 18.8 Å². The fraction of sp³-hybridized carbons (Fsp3) is 0.333. The van der Waals surface area contributed by atoms with Gasteiger partial charge in [-0.15, -0.1) is 10.2 Å². The molecule has 2 aliphatic rings. The normalized spacial score (nSPS) is 16.4. The van der Waals surface area contributed by atoms with E-state index in [4.69, 9.17) is 4.74 Å². The number of rotatable bonds is 6. The van der Waals surface area contributed by atoms with Crippen LogP contribution in [0.5, 0.6) is 0 Å². The van der Waals surface area contributed by atoms with Crippen LogP contribution in [0.4, 0.5) is 11.4 Å². The number of benzene rings is 2. The molecule has 5 rings (SSSR count). The second kappa shape index (κ2) is 8.32. The highest BCUT2D eigenvalue weighted by molar-refractivity contribution is 5.96. The fourth-order valence-corrected chi connectivity index (χ4v) is 3.98. The summed E-state index contributed by atoms with van der Waals surface area (Å²) in [5, 5.41) is 22.2. The number of hydrogen-bond acceptors (Lipinski definition) is 6. The molecular weight excluding hydrogens is 390 g/mol. The number of hydrogen-bond donors (Lipinski definition) is 1. The lowest BCUT2D eigenvalue weighted by Crippen LogP contribution is -2.41. The van der Waals surface area contributed by atoms with Crippen molar-refractivity contribution in [3.8, 4) is 17.2 Å². The summed E-state index contributed by atoms with van der Waals surface area (Å²) in [6, 6.07) is 16.1. The van der Waals surface area contributed by atoms with Gasteiger partial charge in [0.25, 0.3) is 5.91 Å². The first-order chi connectivity index (χ1) is 15.2. The van der Waals surface area contributed by atoms with Crippen LogP contribution < -0.4 is 10.2 Å². The number of ether oxygens (including phenoxy) is 1. The topological polar surface area (TPSA) is 91.1 Å². The Morgan fingerprint density at radius 3 is 2.68 bits per heavy atom. The van der Waals surface area contributed by atoms with Gasteiger partial charge in [-0.25, -0.2) is 0 Å². The van der Waals surface area contributed by atoms with E-state index in [-0.39, 0.29) is 12.5 Å². The van der Waals surface area contributed by atoms with Gasteiger partial charge in [-0.2, -0.15) is 5.26 Å². The minimum atomic E-state index is -0.0185. The highest BCUT2D eigenvalue weighted by Crippen LogP contribution is 2.33. The highest BCUT2D eigenvalue weighted by Gasteiger charge is 2.21. The second-order valence-electron chi connectivity index (χ2n) is 8.07. The highest BCUT2D eigenvalue weighted by atomic mass is 16.5. The third-order valence-electron chi connectivity index (χ3n) is 5.92. The molecule has 1 saturated heterocycles. The van der Waals surface area contributed by atoms with Crippen molar-refractivity contribution in [2.45, 2.75) is 19.3 Å². The minimum absolute atomic E-state index is 0.0185. The van der Waals surface area contributed by atoms with Crippen molar-refractivity contribution in [1.29, 1.82) is 5.26 Å².